The quantitative estimate of drug-likeness (QED) is 0.810. The molecule has 4 rings (SSSR count). The van der Waals surface area contributed by atoms with Crippen molar-refractivity contribution in [3.05, 3.63) is 46.6 Å². The van der Waals surface area contributed by atoms with Gasteiger partial charge in [0.05, 0.1) is 19.3 Å². The molecule has 2 heterocycles. The van der Waals surface area contributed by atoms with Crippen LogP contribution in [0.15, 0.2) is 28.8 Å². The van der Waals surface area contributed by atoms with Gasteiger partial charge in [0.25, 0.3) is 0 Å². The van der Waals surface area contributed by atoms with Crippen molar-refractivity contribution in [3.63, 3.8) is 0 Å². The van der Waals surface area contributed by atoms with Crippen molar-refractivity contribution in [2.45, 2.75) is 50.7 Å². The standard InChI is InChI=1S/C19H24ClN3O2/c20-16-8-6-14(7-9-16)17-12-23(10-11-24-17)13-18-21-19(25-22-18)15-4-2-1-3-5-15/h6-9,15,17H,1-5,10-13H2. The van der Waals surface area contributed by atoms with Crippen molar-refractivity contribution >= 4 is 11.6 Å². The minimum atomic E-state index is 0.0655. The minimum absolute atomic E-state index is 0.0655. The fourth-order valence-electron chi connectivity index (χ4n) is 3.77. The molecule has 1 unspecified atom stereocenters. The van der Waals surface area contributed by atoms with Gasteiger partial charge in [0, 0.05) is 24.0 Å². The van der Waals surface area contributed by atoms with Gasteiger partial charge in [-0.25, -0.2) is 0 Å². The number of nitrogens with zero attached hydrogens (tertiary/aromatic N) is 3. The van der Waals surface area contributed by atoms with E-state index in [4.69, 9.17) is 20.9 Å². The molecule has 0 radical (unpaired) electrons. The van der Waals surface area contributed by atoms with Gasteiger partial charge in [0.1, 0.15) is 0 Å². The highest BCUT2D eigenvalue weighted by molar-refractivity contribution is 6.30. The molecule has 1 saturated carbocycles. The summed E-state index contributed by atoms with van der Waals surface area (Å²) in [6, 6.07) is 7.89. The van der Waals surface area contributed by atoms with E-state index in [1.54, 1.807) is 0 Å². The molecule has 5 nitrogen and oxygen atoms in total. The van der Waals surface area contributed by atoms with E-state index < -0.39 is 0 Å². The van der Waals surface area contributed by atoms with Gasteiger partial charge < -0.3 is 9.26 Å². The van der Waals surface area contributed by atoms with Crippen LogP contribution in [-0.4, -0.2) is 34.7 Å². The molecule has 6 heteroatoms. The number of aromatic nitrogens is 2. The van der Waals surface area contributed by atoms with Crippen molar-refractivity contribution in [1.82, 2.24) is 15.0 Å². The fourth-order valence-corrected chi connectivity index (χ4v) is 3.90. The Hall–Kier alpha value is -1.43. The zero-order valence-electron chi connectivity index (χ0n) is 14.4. The number of hydrogen-bond acceptors (Lipinski definition) is 5. The van der Waals surface area contributed by atoms with E-state index in [0.29, 0.717) is 19.1 Å². The minimum Gasteiger partial charge on any atom is -0.371 e. The second kappa shape index (κ2) is 7.85. The van der Waals surface area contributed by atoms with Gasteiger partial charge in [-0.3, -0.25) is 4.90 Å². The fraction of sp³-hybridized carbons (Fsp3) is 0.579. The van der Waals surface area contributed by atoms with E-state index in [2.05, 4.69) is 15.0 Å². The van der Waals surface area contributed by atoms with E-state index in [0.717, 1.165) is 35.4 Å². The summed E-state index contributed by atoms with van der Waals surface area (Å²) in [4.78, 5) is 6.99. The molecule has 0 bridgehead atoms. The maximum atomic E-state index is 5.97. The van der Waals surface area contributed by atoms with Crippen LogP contribution in [-0.2, 0) is 11.3 Å². The lowest BCUT2D eigenvalue weighted by molar-refractivity contribution is -0.0338. The van der Waals surface area contributed by atoms with E-state index in [1.165, 1.54) is 32.1 Å². The molecule has 2 aliphatic rings. The van der Waals surface area contributed by atoms with Crippen LogP contribution in [0.3, 0.4) is 0 Å². The Morgan fingerprint density at radius 3 is 2.72 bits per heavy atom. The van der Waals surface area contributed by atoms with Crippen LogP contribution < -0.4 is 0 Å². The van der Waals surface area contributed by atoms with Gasteiger partial charge in [0.2, 0.25) is 5.89 Å². The van der Waals surface area contributed by atoms with Crippen LogP contribution in [0.1, 0.15) is 61.4 Å². The lowest BCUT2D eigenvalue weighted by Gasteiger charge is -2.32. The molecule has 2 fully saturated rings. The Morgan fingerprint density at radius 1 is 1.12 bits per heavy atom. The summed E-state index contributed by atoms with van der Waals surface area (Å²) in [7, 11) is 0. The smallest absolute Gasteiger partial charge is 0.229 e. The Bertz CT molecular complexity index is 682. The molecular weight excluding hydrogens is 338 g/mol. The first-order valence-corrected chi connectivity index (χ1v) is 9.57. The highest BCUT2D eigenvalue weighted by Crippen LogP contribution is 2.31. The second-order valence-electron chi connectivity index (χ2n) is 7.03. The maximum absolute atomic E-state index is 5.97. The first-order valence-electron chi connectivity index (χ1n) is 9.20. The summed E-state index contributed by atoms with van der Waals surface area (Å²) < 4.78 is 11.5. The predicted octanol–water partition coefficient (Wildman–Crippen LogP) is 4.34. The average Bonchev–Trinajstić information content (AvgIpc) is 3.12. The molecule has 134 valence electrons. The van der Waals surface area contributed by atoms with Crippen LogP contribution in [0.4, 0.5) is 0 Å². The number of benzene rings is 1. The van der Waals surface area contributed by atoms with Gasteiger partial charge >= 0.3 is 0 Å². The van der Waals surface area contributed by atoms with E-state index in [1.807, 2.05) is 24.3 Å². The zero-order valence-corrected chi connectivity index (χ0v) is 15.1. The largest absolute Gasteiger partial charge is 0.371 e. The van der Waals surface area contributed by atoms with Crippen molar-refractivity contribution in [2.24, 2.45) is 0 Å². The van der Waals surface area contributed by atoms with Crippen molar-refractivity contribution in [3.8, 4) is 0 Å². The summed E-state index contributed by atoms with van der Waals surface area (Å²) in [5, 5.41) is 4.96. The first kappa shape index (κ1) is 17.0. The van der Waals surface area contributed by atoms with Crippen LogP contribution in [0.5, 0.6) is 0 Å². The van der Waals surface area contributed by atoms with Gasteiger partial charge in [0.15, 0.2) is 5.82 Å². The molecule has 2 aromatic rings. The maximum Gasteiger partial charge on any atom is 0.229 e. The van der Waals surface area contributed by atoms with Gasteiger partial charge in [-0.15, -0.1) is 0 Å². The third kappa shape index (κ3) is 4.22. The molecule has 1 aromatic carbocycles. The molecule has 0 spiro atoms. The van der Waals surface area contributed by atoms with Crippen LogP contribution in [0.2, 0.25) is 5.02 Å². The number of morpholine rings is 1. The highest BCUT2D eigenvalue weighted by atomic mass is 35.5. The first-order chi connectivity index (χ1) is 12.3. The molecule has 1 saturated heterocycles. The molecule has 1 aliphatic heterocycles. The van der Waals surface area contributed by atoms with E-state index >= 15 is 0 Å². The number of ether oxygens (including phenoxy) is 1. The van der Waals surface area contributed by atoms with E-state index in [-0.39, 0.29) is 6.10 Å². The van der Waals surface area contributed by atoms with Crippen LogP contribution >= 0.6 is 11.6 Å². The highest BCUT2D eigenvalue weighted by Gasteiger charge is 2.25. The van der Waals surface area contributed by atoms with Crippen molar-refractivity contribution < 1.29 is 9.26 Å². The van der Waals surface area contributed by atoms with Crippen LogP contribution in [0, 0.1) is 0 Å². The summed E-state index contributed by atoms with van der Waals surface area (Å²) in [5.41, 5.74) is 1.16. The molecule has 0 amide bonds. The lowest BCUT2D eigenvalue weighted by atomic mass is 9.89. The topological polar surface area (TPSA) is 51.4 Å². The monoisotopic (exact) mass is 361 g/mol. The Morgan fingerprint density at radius 2 is 1.92 bits per heavy atom. The molecule has 1 atom stereocenters. The number of halogens is 1. The molecule has 1 aromatic heterocycles. The Kier molecular flexibility index (Phi) is 5.34. The Balaban J connectivity index is 1.37. The third-order valence-corrected chi connectivity index (χ3v) is 5.45. The van der Waals surface area contributed by atoms with Crippen LogP contribution in [0.25, 0.3) is 0 Å². The summed E-state index contributed by atoms with van der Waals surface area (Å²) in [6.45, 7) is 3.14. The van der Waals surface area contributed by atoms with Gasteiger partial charge in [-0.1, -0.05) is 48.2 Å². The summed E-state index contributed by atoms with van der Waals surface area (Å²) >= 11 is 5.97. The SMILES string of the molecule is Clc1ccc(C2CN(Cc3noc(C4CCCCC4)n3)CCO2)cc1. The van der Waals surface area contributed by atoms with Gasteiger partial charge in [-0.05, 0) is 30.5 Å². The summed E-state index contributed by atoms with van der Waals surface area (Å²) in [6.07, 6.45) is 6.30. The number of hydrogen-bond donors (Lipinski definition) is 0. The average molecular weight is 362 g/mol. The van der Waals surface area contributed by atoms with Crippen molar-refractivity contribution in [2.75, 3.05) is 19.7 Å². The molecule has 0 N–H and O–H groups in total. The second-order valence-corrected chi connectivity index (χ2v) is 7.47. The predicted molar refractivity (Wildman–Crippen MR) is 95.5 cm³/mol. The zero-order chi connectivity index (χ0) is 17.1. The van der Waals surface area contributed by atoms with Gasteiger partial charge in [-0.2, -0.15) is 4.98 Å². The summed E-state index contributed by atoms with van der Waals surface area (Å²) in [5.74, 6) is 2.08. The Labute approximate surface area is 153 Å². The molecular formula is C19H24ClN3O2. The normalized spacial score (nSPS) is 23.0. The molecule has 25 heavy (non-hydrogen) atoms. The van der Waals surface area contributed by atoms with E-state index in [9.17, 15) is 0 Å². The van der Waals surface area contributed by atoms with Crippen molar-refractivity contribution in [1.29, 1.82) is 0 Å². The molecule has 1 aliphatic carbocycles. The third-order valence-electron chi connectivity index (χ3n) is 5.20. The number of rotatable bonds is 4. The lowest BCUT2D eigenvalue weighted by Crippen LogP contribution is -2.38.